The van der Waals surface area contributed by atoms with E-state index in [0.717, 1.165) is 38.9 Å². The Morgan fingerprint density at radius 3 is 2.88 bits per heavy atom. The SMILES string of the molecule is O=C(CN1CCCC[C@@H]1Cn1cccn1)N1CCO[C@H]2CCCC[C@@H]21. The van der Waals surface area contributed by atoms with Crippen LogP contribution in [0.1, 0.15) is 44.9 Å². The highest BCUT2D eigenvalue weighted by molar-refractivity contribution is 5.79. The van der Waals surface area contributed by atoms with Crippen molar-refractivity contribution in [3.63, 3.8) is 0 Å². The minimum atomic E-state index is 0.271. The molecule has 1 saturated carbocycles. The van der Waals surface area contributed by atoms with E-state index < -0.39 is 0 Å². The number of hydrogen-bond donors (Lipinski definition) is 0. The van der Waals surface area contributed by atoms with Crippen LogP contribution in [0.4, 0.5) is 0 Å². The molecule has 2 saturated heterocycles. The number of carbonyl (C=O) groups is 1. The van der Waals surface area contributed by atoms with Crippen molar-refractivity contribution < 1.29 is 9.53 Å². The van der Waals surface area contributed by atoms with E-state index in [2.05, 4.69) is 14.9 Å². The van der Waals surface area contributed by atoms with Crippen LogP contribution in [0.15, 0.2) is 18.5 Å². The molecule has 2 aliphatic heterocycles. The monoisotopic (exact) mass is 346 g/mol. The topological polar surface area (TPSA) is 50.6 Å². The number of aromatic nitrogens is 2. The average Bonchev–Trinajstić information content (AvgIpc) is 3.16. The lowest BCUT2D eigenvalue weighted by Gasteiger charge is -2.45. The highest BCUT2D eigenvalue weighted by atomic mass is 16.5. The first-order valence-electron chi connectivity index (χ1n) is 9.94. The Hall–Kier alpha value is -1.40. The van der Waals surface area contributed by atoms with Crippen molar-refractivity contribution in [3.8, 4) is 0 Å². The summed E-state index contributed by atoms with van der Waals surface area (Å²) < 4.78 is 7.92. The summed E-state index contributed by atoms with van der Waals surface area (Å²) in [6, 6.07) is 2.69. The molecule has 0 bridgehead atoms. The van der Waals surface area contributed by atoms with Gasteiger partial charge in [-0.05, 0) is 38.3 Å². The number of piperidine rings is 1. The van der Waals surface area contributed by atoms with Crippen LogP contribution in [0.2, 0.25) is 0 Å². The van der Waals surface area contributed by atoms with Crippen molar-refractivity contribution in [1.82, 2.24) is 19.6 Å². The third-order valence-electron chi connectivity index (χ3n) is 6.10. The number of amides is 1. The Balaban J connectivity index is 1.39. The fourth-order valence-corrected chi connectivity index (χ4v) is 4.77. The Morgan fingerprint density at radius 1 is 1.12 bits per heavy atom. The largest absolute Gasteiger partial charge is 0.374 e. The van der Waals surface area contributed by atoms with Crippen molar-refractivity contribution in [3.05, 3.63) is 18.5 Å². The minimum Gasteiger partial charge on any atom is -0.374 e. The average molecular weight is 346 g/mol. The van der Waals surface area contributed by atoms with Crippen LogP contribution in [-0.4, -0.2) is 69.9 Å². The zero-order valence-electron chi connectivity index (χ0n) is 15.1. The summed E-state index contributed by atoms with van der Waals surface area (Å²) in [5.41, 5.74) is 0. The highest BCUT2D eigenvalue weighted by Crippen LogP contribution is 2.29. The maximum atomic E-state index is 13.1. The minimum absolute atomic E-state index is 0.271. The molecule has 25 heavy (non-hydrogen) atoms. The van der Waals surface area contributed by atoms with Gasteiger partial charge in [-0.25, -0.2) is 0 Å². The van der Waals surface area contributed by atoms with Gasteiger partial charge in [0.15, 0.2) is 0 Å². The fourth-order valence-electron chi connectivity index (χ4n) is 4.77. The normalized spacial score (nSPS) is 30.9. The number of carbonyl (C=O) groups excluding carboxylic acids is 1. The van der Waals surface area contributed by atoms with E-state index in [-0.39, 0.29) is 6.10 Å². The Bertz CT molecular complexity index is 560. The number of fused-ring (bicyclic) bond motifs is 1. The molecule has 6 nitrogen and oxygen atoms in total. The van der Waals surface area contributed by atoms with Gasteiger partial charge < -0.3 is 9.64 Å². The molecule has 4 rings (SSSR count). The van der Waals surface area contributed by atoms with E-state index in [0.29, 0.717) is 31.1 Å². The molecule has 3 atom stereocenters. The summed E-state index contributed by atoms with van der Waals surface area (Å²) in [5.74, 6) is 0.299. The Labute approximate surface area is 150 Å². The van der Waals surface area contributed by atoms with Crippen molar-refractivity contribution in [2.45, 2.75) is 69.7 Å². The molecular formula is C19H30N4O2. The van der Waals surface area contributed by atoms with Gasteiger partial charge in [0.1, 0.15) is 0 Å². The number of rotatable bonds is 4. The molecule has 6 heteroatoms. The predicted molar refractivity (Wildman–Crippen MR) is 95.1 cm³/mol. The molecular weight excluding hydrogens is 316 g/mol. The van der Waals surface area contributed by atoms with Crippen LogP contribution in [0.5, 0.6) is 0 Å². The third-order valence-corrected chi connectivity index (χ3v) is 6.10. The first-order chi connectivity index (χ1) is 12.3. The van der Waals surface area contributed by atoms with Gasteiger partial charge in [-0.2, -0.15) is 5.10 Å². The van der Waals surface area contributed by atoms with Crippen molar-refractivity contribution in [1.29, 1.82) is 0 Å². The molecule has 0 N–H and O–H groups in total. The van der Waals surface area contributed by atoms with Crippen LogP contribution >= 0.6 is 0 Å². The second-order valence-corrected chi connectivity index (χ2v) is 7.70. The molecule has 138 valence electrons. The lowest BCUT2D eigenvalue weighted by Crippen LogP contribution is -2.57. The highest BCUT2D eigenvalue weighted by Gasteiger charge is 2.37. The molecule has 1 aromatic rings. The fraction of sp³-hybridized carbons (Fsp3) is 0.789. The van der Waals surface area contributed by atoms with Gasteiger partial charge in [-0.15, -0.1) is 0 Å². The van der Waals surface area contributed by atoms with E-state index in [1.54, 1.807) is 0 Å². The molecule has 1 amide bonds. The second-order valence-electron chi connectivity index (χ2n) is 7.70. The van der Waals surface area contributed by atoms with E-state index in [1.807, 2.05) is 23.1 Å². The standard InChI is InChI=1S/C19H30N4O2/c24-19(23-12-13-25-18-8-2-1-7-17(18)23)15-21-10-4-3-6-16(21)14-22-11-5-9-20-22/h5,9,11,16-18H,1-4,6-8,10,12-15H2/t16-,17+,18+/m1/s1. The summed E-state index contributed by atoms with van der Waals surface area (Å²) in [4.78, 5) is 17.6. The van der Waals surface area contributed by atoms with Gasteiger partial charge in [0, 0.05) is 25.0 Å². The first kappa shape index (κ1) is 17.0. The summed E-state index contributed by atoms with van der Waals surface area (Å²) in [5, 5.41) is 4.35. The van der Waals surface area contributed by atoms with E-state index in [4.69, 9.17) is 4.74 Å². The van der Waals surface area contributed by atoms with Crippen LogP contribution in [0.3, 0.4) is 0 Å². The number of nitrogens with zero attached hydrogens (tertiary/aromatic N) is 4. The number of likely N-dealkylation sites (tertiary alicyclic amines) is 1. The number of ether oxygens (including phenoxy) is 1. The molecule has 3 aliphatic rings. The van der Waals surface area contributed by atoms with Crippen molar-refractivity contribution in [2.24, 2.45) is 0 Å². The zero-order valence-corrected chi connectivity index (χ0v) is 15.1. The van der Waals surface area contributed by atoms with Crippen LogP contribution in [0.25, 0.3) is 0 Å². The Kier molecular flexibility index (Phi) is 5.36. The molecule has 0 aromatic carbocycles. The first-order valence-corrected chi connectivity index (χ1v) is 9.94. The van der Waals surface area contributed by atoms with E-state index in [1.165, 1.54) is 25.7 Å². The van der Waals surface area contributed by atoms with Crippen molar-refractivity contribution in [2.75, 3.05) is 26.2 Å². The van der Waals surface area contributed by atoms with Crippen LogP contribution in [-0.2, 0) is 16.1 Å². The quantitative estimate of drug-likeness (QED) is 0.836. The summed E-state index contributed by atoms with van der Waals surface area (Å²) in [6.07, 6.45) is 12.4. The van der Waals surface area contributed by atoms with Crippen LogP contribution in [0, 0.1) is 0 Å². The smallest absolute Gasteiger partial charge is 0.237 e. The molecule has 0 unspecified atom stereocenters. The number of hydrogen-bond acceptors (Lipinski definition) is 4. The van der Waals surface area contributed by atoms with Gasteiger partial charge >= 0.3 is 0 Å². The zero-order chi connectivity index (χ0) is 17.1. The second kappa shape index (κ2) is 7.87. The predicted octanol–water partition coefficient (Wildman–Crippen LogP) is 1.91. The van der Waals surface area contributed by atoms with E-state index in [9.17, 15) is 4.79 Å². The molecule has 3 heterocycles. The third kappa shape index (κ3) is 3.90. The van der Waals surface area contributed by atoms with Crippen LogP contribution < -0.4 is 0 Å². The molecule has 1 aliphatic carbocycles. The molecule has 0 radical (unpaired) electrons. The van der Waals surface area contributed by atoms with Gasteiger partial charge in [0.05, 0.1) is 31.8 Å². The van der Waals surface area contributed by atoms with Gasteiger partial charge in [0.25, 0.3) is 0 Å². The number of morpholine rings is 1. The molecule has 1 aromatic heterocycles. The summed E-state index contributed by atoms with van der Waals surface area (Å²) in [7, 11) is 0. The Morgan fingerprint density at radius 2 is 2.00 bits per heavy atom. The summed E-state index contributed by atoms with van der Waals surface area (Å²) in [6.45, 7) is 3.92. The van der Waals surface area contributed by atoms with Crippen molar-refractivity contribution >= 4 is 5.91 Å². The van der Waals surface area contributed by atoms with E-state index >= 15 is 0 Å². The van der Waals surface area contributed by atoms with Gasteiger partial charge in [-0.3, -0.25) is 14.4 Å². The van der Waals surface area contributed by atoms with Gasteiger partial charge in [-0.1, -0.05) is 19.3 Å². The summed E-state index contributed by atoms with van der Waals surface area (Å²) >= 11 is 0. The lowest BCUT2D eigenvalue weighted by atomic mass is 9.90. The van der Waals surface area contributed by atoms with Gasteiger partial charge in [0.2, 0.25) is 5.91 Å². The maximum absolute atomic E-state index is 13.1. The molecule has 0 spiro atoms. The lowest BCUT2D eigenvalue weighted by molar-refractivity contribution is -0.151. The molecule has 3 fully saturated rings. The maximum Gasteiger partial charge on any atom is 0.237 e.